The lowest BCUT2D eigenvalue weighted by atomic mass is 9.98. The lowest BCUT2D eigenvalue weighted by molar-refractivity contribution is -0.137. The number of ether oxygens (including phenoxy) is 1. The van der Waals surface area contributed by atoms with E-state index in [-0.39, 0.29) is 23.6 Å². The van der Waals surface area contributed by atoms with E-state index < -0.39 is 17.7 Å². The van der Waals surface area contributed by atoms with Crippen LogP contribution < -0.4 is 5.32 Å². The molecule has 6 nitrogen and oxygen atoms in total. The minimum Gasteiger partial charge on any atom is -0.465 e. The molecular formula is C30H30F3N3O3. The summed E-state index contributed by atoms with van der Waals surface area (Å²) in [5.41, 5.74) is 3.03. The van der Waals surface area contributed by atoms with Crippen LogP contribution in [0.1, 0.15) is 69.9 Å². The molecule has 204 valence electrons. The number of fused-ring (bicyclic) bond motifs is 1. The molecule has 1 aromatic heterocycles. The summed E-state index contributed by atoms with van der Waals surface area (Å²) in [5, 5.41) is 8.33. The SMILES string of the molecule is COC(=O)c1ccc([C@H](C)NC(=O)c2nn(CC(C)C)c3cccc(Cc4ccc(C(F)(F)F)cc4)c23)cc1. The second kappa shape index (κ2) is 11.3. The third-order valence-electron chi connectivity index (χ3n) is 6.47. The molecule has 0 aliphatic heterocycles. The number of carbonyl (C=O) groups excluding carboxylic acids is 2. The standard InChI is InChI=1S/C30H30F3N3O3/c1-18(2)17-36-25-7-5-6-23(16-20-8-14-24(15-9-20)30(31,32)33)26(25)27(35-36)28(37)34-19(3)21-10-12-22(13-11-21)29(38)39-4/h5-15,18-19H,16-17H2,1-4H3,(H,34,37)/t19-/m0/s1. The minimum absolute atomic E-state index is 0.256. The Labute approximate surface area is 224 Å². The molecule has 0 radical (unpaired) electrons. The van der Waals surface area contributed by atoms with Crippen LogP contribution in [0.2, 0.25) is 0 Å². The first kappa shape index (κ1) is 27.9. The molecule has 1 N–H and O–H groups in total. The monoisotopic (exact) mass is 537 g/mol. The first-order valence-corrected chi connectivity index (χ1v) is 12.6. The Kier molecular flexibility index (Phi) is 8.09. The van der Waals surface area contributed by atoms with E-state index in [1.54, 1.807) is 28.9 Å². The summed E-state index contributed by atoms with van der Waals surface area (Å²) in [4.78, 5) is 25.3. The van der Waals surface area contributed by atoms with Gasteiger partial charge in [-0.05, 0) is 66.3 Å². The van der Waals surface area contributed by atoms with E-state index in [0.29, 0.717) is 29.5 Å². The maximum atomic E-state index is 13.5. The summed E-state index contributed by atoms with van der Waals surface area (Å²) in [7, 11) is 1.31. The third kappa shape index (κ3) is 6.30. The number of rotatable bonds is 8. The number of nitrogens with one attached hydrogen (secondary N) is 1. The summed E-state index contributed by atoms with van der Waals surface area (Å²) in [5.74, 6) is -0.539. The molecule has 0 fully saturated rings. The average molecular weight is 538 g/mol. The predicted molar refractivity (Wildman–Crippen MR) is 142 cm³/mol. The molecule has 0 bridgehead atoms. The van der Waals surface area contributed by atoms with Crippen LogP contribution in [0.5, 0.6) is 0 Å². The topological polar surface area (TPSA) is 73.2 Å². The normalized spacial score (nSPS) is 12.5. The van der Waals surface area contributed by atoms with Crippen LogP contribution in [0.15, 0.2) is 66.7 Å². The molecular weight excluding hydrogens is 507 g/mol. The Morgan fingerprint density at radius 1 is 0.974 bits per heavy atom. The first-order valence-electron chi connectivity index (χ1n) is 12.6. The molecule has 9 heteroatoms. The molecule has 3 aromatic carbocycles. The van der Waals surface area contributed by atoms with Crippen molar-refractivity contribution in [2.75, 3.05) is 7.11 Å². The number of alkyl halides is 3. The van der Waals surface area contributed by atoms with Gasteiger partial charge in [0.25, 0.3) is 5.91 Å². The number of nitrogens with zero attached hydrogens (tertiary/aromatic N) is 2. The Bertz CT molecular complexity index is 1470. The Balaban J connectivity index is 1.67. The maximum absolute atomic E-state index is 13.5. The zero-order chi connectivity index (χ0) is 28.3. The van der Waals surface area contributed by atoms with Gasteiger partial charge in [-0.15, -0.1) is 0 Å². The maximum Gasteiger partial charge on any atom is 0.416 e. The minimum atomic E-state index is -4.40. The number of halogens is 3. The summed E-state index contributed by atoms with van der Waals surface area (Å²) in [6, 6.07) is 17.1. The molecule has 1 amide bonds. The molecule has 0 aliphatic rings. The zero-order valence-electron chi connectivity index (χ0n) is 22.2. The molecule has 0 saturated carbocycles. The van der Waals surface area contributed by atoms with Crippen molar-refractivity contribution in [1.82, 2.24) is 15.1 Å². The predicted octanol–water partition coefficient (Wildman–Crippen LogP) is 6.58. The molecule has 4 aromatic rings. The lowest BCUT2D eigenvalue weighted by Crippen LogP contribution is -2.27. The highest BCUT2D eigenvalue weighted by molar-refractivity contribution is 6.06. The largest absolute Gasteiger partial charge is 0.465 e. The fraction of sp³-hybridized carbons (Fsp3) is 0.300. The number of hydrogen-bond acceptors (Lipinski definition) is 4. The second-order valence-corrected chi connectivity index (χ2v) is 9.92. The summed E-state index contributed by atoms with van der Waals surface area (Å²) in [6.45, 7) is 6.54. The number of hydrogen-bond donors (Lipinski definition) is 1. The first-order chi connectivity index (χ1) is 18.5. The highest BCUT2D eigenvalue weighted by atomic mass is 19.4. The van der Waals surface area contributed by atoms with Crippen molar-refractivity contribution in [3.05, 3.63) is 100 Å². The van der Waals surface area contributed by atoms with Gasteiger partial charge >= 0.3 is 12.1 Å². The van der Waals surface area contributed by atoms with Crippen LogP contribution in [0.3, 0.4) is 0 Å². The van der Waals surface area contributed by atoms with Crippen LogP contribution in [0, 0.1) is 5.92 Å². The van der Waals surface area contributed by atoms with Crippen molar-refractivity contribution in [2.24, 2.45) is 5.92 Å². The third-order valence-corrected chi connectivity index (χ3v) is 6.47. The van der Waals surface area contributed by atoms with Crippen LogP contribution in [-0.2, 0) is 23.9 Å². The van der Waals surface area contributed by atoms with E-state index in [9.17, 15) is 22.8 Å². The molecule has 4 rings (SSSR count). The molecule has 1 atom stereocenters. The number of amides is 1. The number of carbonyl (C=O) groups is 2. The quantitative estimate of drug-likeness (QED) is 0.258. The Morgan fingerprint density at radius 3 is 2.23 bits per heavy atom. The summed E-state index contributed by atoms with van der Waals surface area (Å²) in [6.07, 6.45) is -4.06. The fourth-order valence-corrected chi connectivity index (χ4v) is 4.50. The summed E-state index contributed by atoms with van der Waals surface area (Å²) < 4.78 is 45.6. The zero-order valence-corrected chi connectivity index (χ0v) is 22.2. The fourth-order valence-electron chi connectivity index (χ4n) is 4.50. The molecule has 0 unspecified atom stereocenters. The highest BCUT2D eigenvalue weighted by Crippen LogP contribution is 2.31. The number of benzene rings is 3. The molecule has 39 heavy (non-hydrogen) atoms. The second-order valence-electron chi connectivity index (χ2n) is 9.92. The van der Waals surface area contributed by atoms with Crippen LogP contribution in [-0.4, -0.2) is 28.8 Å². The van der Waals surface area contributed by atoms with Crippen LogP contribution >= 0.6 is 0 Å². The van der Waals surface area contributed by atoms with E-state index in [4.69, 9.17) is 4.74 Å². The lowest BCUT2D eigenvalue weighted by Gasteiger charge is -2.14. The van der Waals surface area contributed by atoms with Crippen molar-refractivity contribution in [1.29, 1.82) is 0 Å². The highest BCUT2D eigenvalue weighted by Gasteiger charge is 2.30. The smallest absolute Gasteiger partial charge is 0.416 e. The van der Waals surface area contributed by atoms with Gasteiger partial charge in [-0.3, -0.25) is 9.48 Å². The van der Waals surface area contributed by atoms with Gasteiger partial charge in [0.15, 0.2) is 5.69 Å². The van der Waals surface area contributed by atoms with Gasteiger partial charge in [0.2, 0.25) is 0 Å². The van der Waals surface area contributed by atoms with E-state index in [2.05, 4.69) is 24.3 Å². The van der Waals surface area contributed by atoms with Gasteiger partial charge in [-0.1, -0.05) is 50.2 Å². The van der Waals surface area contributed by atoms with Crippen LogP contribution in [0.25, 0.3) is 10.9 Å². The van der Waals surface area contributed by atoms with Gasteiger partial charge in [-0.2, -0.15) is 18.3 Å². The molecule has 0 aliphatic carbocycles. The van der Waals surface area contributed by atoms with Gasteiger partial charge < -0.3 is 10.1 Å². The summed E-state index contributed by atoms with van der Waals surface area (Å²) >= 11 is 0. The van der Waals surface area contributed by atoms with Gasteiger partial charge in [0.1, 0.15) is 0 Å². The molecule has 0 saturated heterocycles. The number of methoxy groups -OCH3 is 1. The van der Waals surface area contributed by atoms with E-state index in [1.165, 1.54) is 19.2 Å². The van der Waals surface area contributed by atoms with Crippen molar-refractivity contribution < 1.29 is 27.5 Å². The number of esters is 1. The molecule has 1 heterocycles. The van der Waals surface area contributed by atoms with Crippen molar-refractivity contribution in [3.63, 3.8) is 0 Å². The van der Waals surface area contributed by atoms with Crippen LogP contribution in [0.4, 0.5) is 13.2 Å². The van der Waals surface area contributed by atoms with E-state index in [0.717, 1.165) is 28.8 Å². The van der Waals surface area contributed by atoms with Crippen molar-refractivity contribution >= 4 is 22.8 Å². The van der Waals surface area contributed by atoms with Crippen molar-refractivity contribution in [2.45, 2.75) is 46.0 Å². The van der Waals surface area contributed by atoms with Gasteiger partial charge in [0.05, 0.1) is 29.8 Å². The van der Waals surface area contributed by atoms with Gasteiger partial charge in [0, 0.05) is 11.9 Å². The molecule has 0 spiro atoms. The van der Waals surface area contributed by atoms with Crippen molar-refractivity contribution in [3.8, 4) is 0 Å². The van der Waals surface area contributed by atoms with Gasteiger partial charge in [-0.25, -0.2) is 4.79 Å². The Morgan fingerprint density at radius 2 is 1.64 bits per heavy atom. The Hall–Kier alpha value is -4.14. The average Bonchev–Trinajstić information content (AvgIpc) is 3.27. The van der Waals surface area contributed by atoms with E-state index in [1.807, 2.05) is 25.1 Å². The number of aromatic nitrogens is 2. The van der Waals surface area contributed by atoms with E-state index >= 15 is 0 Å².